The zero-order chi connectivity index (χ0) is 14.7. The van der Waals surface area contributed by atoms with Gasteiger partial charge in [0, 0.05) is 13.2 Å². The van der Waals surface area contributed by atoms with E-state index in [9.17, 15) is 4.79 Å². The Kier molecular flexibility index (Phi) is 4.39. The highest BCUT2D eigenvalue weighted by Crippen LogP contribution is 2.19. The second-order valence-corrected chi connectivity index (χ2v) is 5.25. The lowest BCUT2D eigenvalue weighted by molar-refractivity contribution is 0.0697. The Labute approximate surface area is 117 Å². The molecule has 1 unspecified atom stereocenters. The largest absolute Gasteiger partial charge is 0.478 e. The maximum Gasteiger partial charge on any atom is 0.335 e. The molecule has 0 spiro atoms. The normalized spacial score (nSPS) is 12.8. The molecule has 1 heterocycles. The lowest BCUT2D eigenvalue weighted by Gasteiger charge is -2.10. The summed E-state index contributed by atoms with van der Waals surface area (Å²) in [6.07, 6.45) is 1.93. The number of carbonyl (C=O) groups is 1. The number of aliphatic hydroxyl groups excluding tert-OH is 1. The fraction of sp³-hybridized carbons (Fsp3) is 0.467. The van der Waals surface area contributed by atoms with Gasteiger partial charge < -0.3 is 14.8 Å². The predicted molar refractivity (Wildman–Crippen MR) is 76.9 cm³/mol. The number of aryl methyl sites for hydroxylation is 2. The van der Waals surface area contributed by atoms with Crippen molar-refractivity contribution in [1.82, 2.24) is 9.55 Å². The highest BCUT2D eigenvalue weighted by Gasteiger charge is 2.11. The van der Waals surface area contributed by atoms with Gasteiger partial charge in [-0.2, -0.15) is 0 Å². The maximum atomic E-state index is 11.0. The average Bonchev–Trinajstić information content (AvgIpc) is 2.73. The zero-order valence-electron chi connectivity index (χ0n) is 11.8. The molecule has 2 rings (SSSR count). The van der Waals surface area contributed by atoms with Gasteiger partial charge in [0.15, 0.2) is 0 Å². The SMILES string of the molecule is Cc1nc2cc(C(=O)O)ccc2n1CCCC(C)CO. The summed E-state index contributed by atoms with van der Waals surface area (Å²) in [5.74, 6) is 0.263. The van der Waals surface area contributed by atoms with Crippen LogP contribution in [-0.4, -0.2) is 32.3 Å². The molecule has 0 saturated carbocycles. The van der Waals surface area contributed by atoms with E-state index in [2.05, 4.69) is 9.55 Å². The summed E-state index contributed by atoms with van der Waals surface area (Å²) in [7, 11) is 0. The van der Waals surface area contributed by atoms with E-state index in [0.717, 1.165) is 36.2 Å². The molecule has 0 fully saturated rings. The number of hydrogen-bond acceptors (Lipinski definition) is 3. The Bertz CT molecular complexity index is 619. The van der Waals surface area contributed by atoms with Crippen molar-refractivity contribution in [2.24, 2.45) is 5.92 Å². The van der Waals surface area contributed by atoms with Crippen LogP contribution in [0.3, 0.4) is 0 Å². The lowest BCUT2D eigenvalue weighted by Crippen LogP contribution is -2.05. The van der Waals surface area contributed by atoms with Gasteiger partial charge in [-0.05, 0) is 43.9 Å². The number of fused-ring (bicyclic) bond motifs is 1. The van der Waals surface area contributed by atoms with Gasteiger partial charge in [0.2, 0.25) is 0 Å². The molecule has 20 heavy (non-hydrogen) atoms. The van der Waals surface area contributed by atoms with E-state index in [0.29, 0.717) is 5.92 Å². The molecule has 0 aliphatic carbocycles. The third-order valence-electron chi connectivity index (χ3n) is 3.58. The fourth-order valence-corrected chi connectivity index (χ4v) is 2.35. The number of imidazole rings is 1. The van der Waals surface area contributed by atoms with Crippen LogP contribution in [0.25, 0.3) is 11.0 Å². The molecule has 1 aromatic heterocycles. The molecule has 0 aliphatic heterocycles. The number of aromatic carboxylic acids is 1. The van der Waals surface area contributed by atoms with Gasteiger partial charge in [-0.15, -0.1) is 0 Å². The minimum Gasteiger partial charge on any atom is -0.478 e. The van der Waals surface area contributed by atoms with E-state index < -0.39 is 5.97 Å². The van der Waals surface area contributed by atoms with E-state index in [4.69, 9.17) is 10.2 Å². The van der Waals surface area contributed by atoms with Crippen LogP contribution in [0.2, 0.25) is 0 Å². The molecule has 2 aromatic rings. The number of aromatic nitrogens is 2. The molecular weight excluding hydrogens is 256 g/mol. The molecule has 1 atom stereocenters. The molecule has 0 bridgehead atoms. The third-order valence-corrected chi connectivity index (χ3v) is 3.58. The van der Waals surface area contributed by atoms with Gasteiger partial charge in [-0.25, -0.2) is 9.78 Å². The van der Waals surface area contributed by atoms with Crippen LogP contribution in [0.4, 0.5) is 0 Å². The highest BCUT2D eigenvalue weighted by molar-refractivity contribution is 5.92. The monoisotopic (exact) mass is 276 g/mol. The minimum atomic E-state index is -0.934. The topological polar surface area (TPSA) is 75.3 Å². The second kappa shape index (κ2) is 6.05. The Morgan fingerprint density at radius 3 is 2.85 bits per heavy atom. The molecule has 0 radical (unpaired) electrons. The Balaban J connectivity index is 2.21. The van der Waals surface area contributed by atoms with Gasteiger partial charge in [-0.3, -0.25) is 0 Å². The second-order valence-electron chi connectivity index (χ2n) is 5.25. The van der Waals surface area contributed by atoms with Crippen LogP contribution in [-0.2, 0) is 6.54 Å². The van der Waals surface area contributed by atoms with Crippen LogP contribution in [0.1, 0.15) is 35.9 Å². The molecule has 5 heteroatoms. The summed E-state index contributed by atoms with van der Waals surface area (Å²) in [6, 6.07) is 5.03. The summed E-state index contributed by atoms with van der Waals surface area (Å²) in [5, 5.41) is 18.0. The van der Waals surface area contributed by atoms with Crippen LogP contribution < -0.4 is 0 Å². The standard InChI is InChI=1S/C15H20N2O3/c1-10(9-18)4-3-7-17-11(2)16-13-8-12(15(19)20)5-6-14(13)17/h5-6,8,10,18H,3-4,7,9H2,1-2H3,(H,19,20). The molecule has 0 aliphatic rings. The van der Waals surface area contributed by atoms with Crippen LogP contribution >= 0.6 is 0 Å². The van der Waals surface area contributed by atoms with Gasteiger partial charge in [0.25, 0.3) is 0 Å². The third kappa shape index (κ3) is 2.99. The van der Waals surface area contributed by atoms with E-state index in [-0.39, 0.29) is 12.2 Å². The molecule has 0 amide bonds. The van der Waals surface area contributed by atoms with Crippen LogP contribution in [0, 0.1) is 12.8 Å². The average molecular weight is 276 g/mol. The summed E-state index contributed by atoms with van der Waals surface area (Å²) >= 11 is 0. The molecular formula is C15H20N2O3. The van der Waals surface area contributed by atoms with E-state index >= 15 is 0 Å². The van der Waals surface area contributed by atoms with Crippen molar-refractivity contribution in [2.45, 2.75) is 33.2 Å². The molecule has 5 nitrogen and oxygen atoms in total. The van der Waals surface area contributed by atoms with E-state index in [1.54, 1.807) is 12.1 Å². The number of carboxylic acids is 1. The number of nitrogens with zero attached hydrogens (tertiary/aromatic N) is 2. The first kappa shape index (κ1) is 14.5. The van der Waals surface area contributed by atoms with Crippen molar-refractivity contribution in [2.75, 3.05) is 6.61 Å². The first-order chi connectivity index (χ1) is 9.52. The van der Waals surface area contributed by atoms with Crippen molar-refractivity contribution in [3.63, 3.8) is 0 Å². The van der Waals surface area contributed by atoms with Crippen molar-refractivity contribution in [3.8, 4) is 0 Å². The Hall–Kier alpha value is -1.88. The van der Waals surface area contributed by atoms with E-state index in [1.807, 2.05) is 19.9 Å². The number of carboxylic acid groups (broad SMARTS) is 1. The Morgan fingerprint density at radius 2 is 2.20 bits per heavy atom. The number of hydrogen-bond donors (Lipinski definition) is 2. The van der Waals surface area contributed by atoms with Crippen molar-refractivity contribution >= 4 is 17.0 Å². The number of aliphatic hydroxyl groups is 1. The molecule has 108 valence electrons. The van der Waals surface area contributed by atoms with Gasteiger partial charge in [0.1, 0.15) is 5.82 Å². The molecule has 2 N–H and O–H groups in total. The first-order valence-corrected chi connectivity index (χ1v) is 6.84. The van der Waals surface area contributed by atoms with Crippen molar-refractivity contribution in [3.05, 3.63) is 29.6 Å². The van der Waals surface area contributed by atoms with E-state index in [1.165, 1.54) is 0 Å². The molecule has 0 saturated heterocycles. The smallest absolute Gasteiger partial charge is 0.335 e. The van der Waals surface area contributed by atoms with Crippen molar-refractivity contribution < 1.29 is 15.0 Å². The van der Waals surface area contributed by atoms with Crippen LogP contribution in [0.5, 0.6) is 0 Å². The van der Waals surface area contributed by atoms with Gasteiger partial charge >= 0.3 is 5.97 Å². The quantitative estimate of drug-likeness (QED) is 0.849. The van der Waals surface area contributed by atoms with Crippen molar-refractivity contribution in [1.29, 1.82) is 0 Å². The summed E-state index contributed by atoms with van der Waals surface area (Å²) in [6.45, 7) is 5.00. The number of benzene rings is 1. The van der Waals surface area contributed by atoms with Gasteiger partial charge in [0.05, 0.1) is 16.6 Å². The first-order valence-electron chi connectivity index (χ1n) is 6.84. The molecule has 1 aromatic carbocycles. The highest BCUT2D eigenvalue weighted by atomic mass is 16.4. The predicted octanol–water partition coefficient (Wildman–Crippen LogP) is 2.45. The summed E-state index contributed by atoms with van der Waals surface area (Å²) in [5.41, 5.74) is 1.94. The fourth-order valence-electron chi connectivity index (χ4n) is 2.35. The summed E-state index contributed by atoms with van der Waals surface area (Å²) in [4.78, 5) is 15.4. The van der Waals surface area contributed by atoms with Gasteiger partial charge in [-0.1, -0.05) is 6.92 Å². The number of rotatable bonds is 6. The summed E-state index contributed by atoms with van der Waals surface area (Å²) < 4.78 is 2.10. The maximum absolute atomic E-state index is 11.0. The zero-order valence-corrected chi connectivity index (χ0v) is 11.8. The van der Waals surface area contributed by atoms with Crippen LogP contribution in [0.15, 0.2) is 18.2 Å². The lowest BCUT2D eigenvalue weighted by atomic mass is 10.1. The minimum absolute atomic E-state index is 0.214. The Morgan fingerprint density at radius 1 is 1.45 bits per heavy atom.